The molecule has 0 aliphatic heterocycles. The molecule has 0 aliphatic rings. The van der Waals surface area contributed by atoms with E-state index in [1.165, 1.54) is 10.8 Å². The summed E-state index contributed by atoms with van der Waals surface area (Å²) in [5.41, 5.74) is 6.45. The number of aromatic nitrogens is 5. The van der Waals surface area contributed by atoms with Crippen LogP contribution in [-0.4, -0.2) is 42.0 Å². The van der Waals surface area contributed by atoms with Gasteiger partial charge in [-0.1, -0.05) is 6.92 Å². The first-order valence-electron chi connectivity index (χ1n) is 9.12. The Morgan fingerprint density at radius 1 is 1.25 bits per heavy atom. The average Bonchev–Trinajstić information content (AvgIpc) is 3.05. The van der Waals surface area contributed by atoms with E-state index < -0.39 is 11.2 Å². The van der Waals surface area contributed by atoms with Gasteiger partial charge in [0.15, 0.2) is 11.2 Å². The quantitative estimate of drug-likeness (QED) is 0.559. The molecule has 10 nitrogen and oxygen atoms in total. The second-order valence-electron chi connectivity index (χ2n) is 6.46. The zero-order valence-corrected chi connectivity index (χ0v) is 16.0. The number of rotatable bonds is 8. The number of anilines is 1. The minimum absolute atomic E-state index is 0.118. The van der Waals surface area contributed by atoms with Gasteiger partial charge >= 0.3 is 5.69 Å². The summed E-state index contributed by atoms with van der Waals surface area (Å²) < 4.78 is 9.79. The fourth-order valence-corrected chi connectivity index (χ4v) is 2.92. The van der Waals surface area contributed by atoms with Crippen LogP contribution in [0.25, 0.3) is 11.2 Å². The Bertz CT molecular complexity index is 1080. The molecule has 0 unspecified atom stereocenters. The minimum atomic E-state index is -0.483. The van der Waals surface area contributed by atoms with Crippen molar-refractivity contribution in [1.29, 1.82) is 0 Å². The summed E-state index contributed by atoms with van der Waals surface area (Å²) in [6, 6.07) is 3.74. The molecule has 0 fully saturated rings. The summed E-state index contributed by atoms with van der Waals surface area (Å²) in [7, 11) is 1.56. The van der Waals surface area contributed by atoms with Crippen LogP contribution in [0.5, 0.6) is 6.01 Å². The fourth-order valence-electron chi connectivity index (χ4n) is 2.92. The number of nitrogens with zero attached hydrogens (tertiary/aromatic N) is 5. The van der Waals surface area contributed by atoms with Crippen LogP contribution in [0.3, 0.4) is 0 Å². The van der Waals surface area contributed by atoms with Gasteiger partial charge in [-0.15, -0.1) is 0 Å². The first-order valence-corrected chi connectivity index (χ1v) is 9.12. The summed E-state index contributed by atoms with van der Waals surface area (Å²) in [4.78, 5) is 34.3. The van der Waals surface area contributed by atoms with Gasteiger partial charge in [0, 0.05) is 20.2 Å². The summed E-state index contributed by atoms with van der Waals surface area (Å²) in [5, 5.41) is 9.08. The molecule has 28 heavy (non-hydrogen) atoms. The highest BCUT2D eigenvalue weighted by Gasteiger charge is 2.21. The lowest BCUT2D eigenvalue weighted by molar-refractivity contribution is 0.277. The van der Waals surface area contributed by atoms with Gasteiger partial charge in [0.2, 0.25) is 0 Å². The van der Waals surface area contributed by atoms with Crippen LogP contribution in [0.4, 0.5) is 5.69 Å². The maximum Gasteiger partial charge on any atom is 0.332 e. The summed E-state index contributed by atoms with van der Waals surface area (Å²) >= 11 is 0. The number of ether oxygens (including phenoxy) is 1. The number of fused-ring (bicyclic) bond motifs is 1. The lowest BCUT2D eigenvalue weighted by Gasteiger charge is -2.11. The van der Waals surface area contributed by atoms with E-state index >= 15 is 0 Å². The van der Waals surface area contributed by atoms with Crippen molar-refractivity contribution in [1.82, 2.24) is 23.7 Å². The third-order valence-electron chi connectivity index (χ3n) is 4.34. The van der Waals surface area contributed by atoms with Crippen molar-refractivity contribution in [3.8, 4) is 6.01 Å². The highest BCUT2D eigenvalue weighted by atomic mass is 16.5. The highest BCUT2D eigenvalue weighted by molar-refractivity contribution is 5.72. The monoisotopic (exact) mass is 388 g/mol. The molecular weight excluding hydrogens is 364 g/mol. The Labute approximate surface area is 160 Å². The molecule has 0 saturated heterocycles. The van der Waals surface area contributed by atoms with Gasteiger partial charge in [-0.05, 0) is 25.0 Å². The highest BCUT2D eigenvalue weighted by Crippen LogP contribution is 2.19. The second-order valence-corrected chi connectivity index (χ2v) is 6.46. The molecule has 150 valence electrons. The minimum Gasteiger partial charge on any atom is -0.465 e. The zero-order chi connectivity index (χ0) is 20.3. The Balaban J connectivity index is 2.22. The van der Waals surface area contributed by atoms with E-state index in [2.05, 4.69) is 9.97 Å². The summed E-state index contributed by atoms with van der Waals surface area (Å²) in [6.07, 6.45) is 2.60. The predicted molar refractivity (Wildman–Crippen MR) is 104 cm³/mol. The molecule has 0 radical (unpaired) electrons. The third-order valence-corrected chi connectivity index (χ3v) is 4.34. The Hall–Kier alpha value is -3.14. The molecule has 0 amide bonds. The van der Waals surface area contributed by atoms with E-state index in [4.69, 9.17) is 15.6 Å². The van der Waals surface area contributed by atoms with Crippen LogP contribution in [0.15, 0.2) is 27.9 Å². The van der Waals surface area contributed by atoms with E-state index in [1.54, 1.807) is 23.7 Å². The fraction of sp³-hybridized carbons (Fsp3) is 0.444. The topological polar surface area (TPSA) is 130 Å². The normalized spacial score (nSPS) is 11.2. The smallest absolute Gasteiger partial charge is 0.332 e. The van der Waals surface area contributed by atoms with Crippen molar-refractivity contribution in [3.05, 3.63) is 44.9 Å². The molecule has 3 heterocycles. The van der Waals surface area contributed by atoms with Crippen molar-refractivity contribution < 1.29 is 9.84 Å². The number of imidazole rings is 1. The zero-order valence-electron chi connectivity index (χ0n) is 16.0. The van der Waals surface area contributed by atoms with E-state index in [0.717, 1.165) is 11.0 Å². The van der Waals surface area contributed by atoms with Crippen molar-refractivity contribution in [2.75, 3.05) is 18.9 Å². The molecule has 0 aliphatic carbocycles. The second kappa shape index (κ2) is 8.26. The Morgan fingerprint density at radius 2 is 2.04 bits per heavy atom. The average molecular weight is 388 g/mol. The van der Waals surface area contributed by atoms with Gasteiger partial charge in [-0.3, -0.25) is 23.5 Å². The van der Waals surface area contributed by atoms with Crippen LogP contribution in [0, 0.1) is 0 Å². The maximum absolute atomic E-state index is 13.1. The van der Waals surface area contributed by atoms with Crippen LogP contribution in [-0.2, 0) is 20.1 Å². The first kappa shape index (κ1) is 19.6. The van der Waals surface area contributed by atoms with Gasteiger partial charge in [0.25, 0.3) is 11.6 Å². The van der Waals surface area contributed by atoms with Gasteiger partial charge in [0.1, 0.15) is 0 Å². The molecule has 0 spiro atoms. The number of aryl methyl sites for hydroxylation is 1. The largest absolute Gasteiger partial charge is 0.465 e. The number of pyridine rings is 1. The molecule has 10 heteroatoms. The number of aliphatic hydroxyl groups excluding tert-OH is 1. The molecule has 0 saturated carbocycles. The molecule has 3 aromatic rings. The van der Waals surface area contributed by atoms with Gasteiger partial charge in [-0.25, -0.2) is 4.79 Å². The first-order chi connectivity index (χ1) is 13.5. The van der Waals surface area contributed by atoms with Crippen LogP contribution in [0.1, 0.15) is 25.5 Å². The SMILES string of the molecule is CCCOc1nc2c(c(=O)n(CCCO)c(=O)n2C)n1Cc1ccc(N)cn1. The maximum atomic E-state index is 13.1. The number of nitrogen functional groups attached to an aromatic ring is 1. The van der Waals surface area contributed by atoms with E-state index in [0.29, 0.717) is 24.4 Å². The number of aliphatic hydroxyl groups is 1. The predicted octanol–water partition coefficient (Wildman–Crippen LogP) is 0.0934. The van der Waals surface area contributed by atoms with E-state index in [1.807, 2.05) is 6.92 Å². The Kier molecular flexibility index (Phi) is 5.78. The summed E-state index contributed by atoms with van der Waals surface area (Å²) in [6.45, 7) is 2.63. The van der Waals surface area contributed by atoms with Gasteiger partial charge < -0.3 is 15.6 Å². The summed E-state index contributed by atoms with van der Waals surface area (Å²) in [5.74, 6) is 0. The van der Waals surface area contributed by atoms with Crippen molar-refractivity contribution in [3.63, 3.8) is 0 Å². The molecule has 0 atom stereocenters. The van der Waals surface area contributed by atoms with Gasteiger partial charge in [-0.2, -0.15) is 4.98 Å². The van der Waals surface area contributed by atoms with Crippen molar-refractivity contribution >= 4 is 16.9 Å². The lowest BCUT2D eigenvalue weighted by atomic mass is 10.3. The van der Waals surface area contributed by atoms with E-state index in [-0.39, 0.29) is 36.9 Å². The van der Waals surface area contributed by atoms with Gasteiger partial charge in [0.05, 0.1) is 30.7 Å². The Morgan fingerprint density at radius 3 is 2.68 bits per heavy atom. The number of hydrogen-bond donors (Lipinski definition) is 2. The van der Waals surface area contributed by atoms with Crippen LogP contribution in [0.2, 0.25) is 0 Å². The van der Waals surface area contributed by atoms with Crippen LogP contribution < -0.4 is 21.7 Å². The number of nitrogens with two attached hydrogens (primary N) is 1. The standard InChI is InChI=1S/C18H24N6O4/c1-3-9-28-17-21-15-14(24(17)11-13-6-5-12(19)10-20-13)16(26)23(7-4-8-25)18(27)22(15)2/h5-6,10,25H,3-4,7-9,11,19H2,1-2H3. The molecule has 0 bridgehead atoms. The van der Waals surface area contributed by atoms with Crippen molar-refractivity contribution in [2.24, 2.45) is 7.05 Å². The molecular formula is C18H24N6O4. The molecule has 0 aromatic carbocycles. The van der Waals surface area contributed by atoms with E-state index in [9.17, 15) is 9.59 Å². The third kappa shape index (κ3) is 3.63. The van der Waals surface area contributed by atoms with Crippen molar-refractivity contribution in [2.45, 2.75) is 32.9 Å². The lowest BCUT2D eigenvalue weighted by Crippen LogP contribution is -2.40. The molecule has 3 rings (SSSR count). The molecule has 3 N–H and O–H groups in total. The number of hydrogen-bond acceptors (Lipinski definition) is 7. The van der Waals surface area contributed by atoms with Crippen LogP contribution >= 0.6 is 0 Å². The molecule has 3 aromatic heterocycles.